The molecule has 0 aliphatic carbocycles. The zero-order valence-electron chi connectivity index (χ0n) is 15.1. The second kappa shape index (κ2) is 8.72. The van der Waals surface area contributed by atoms with Crippen LogP contribution in [-0.2, 0) is 4.79 Å². The van der Waals surface area contributed by atoms with Gasteiger partial charge in [-0.3, -0.25) is 19.8 Å². The molecule has 2 aromatic rings. The molecule has 3 rings (SSSR count). The number of anilines is 2. The van der Waals surface area contributed by atoms with E-state index in [9.17, 15) is 14.9 Å². The van der Waals surface area contributed by atoms with E-state index in [1.807, 2.05) is 16.7 Å². The second-order valence-electron chi connectivity index (χ2n) is 6.42. The number of aromatic nitrogens is 1. The molecule has 1 saturated heterocycles. The van der Waals surface area contributed by atoms with Gasteiger partial charge in [-0.25, -0.2) is 4.98 Å². The van der Waals surface area contributed by atoms with Gasteiger partial charge in [-0.1, -0.05) is 23.2 Å². The summed E-state index contributed by atoms with van der Waals surface area (Å²) in [6.07, 6.45) is 1.55. The Kier molecular flexibility index (Phi) is 6.33. The molecule has 10 heteroatoms. The lowest BCUT2D eigenvalue weighted by molar-refractivity contribution is -0.384. The van der Waals surface area contributed by atoms with Gasteiger partial charge in [0.1, 0.15) is 5.69 Å². The third-order valence-corrected chi connectivity index (χ3v) is 5.27. The highest BCUT2D eigenvalue weighted by Gasteiger charge is 2.28. The molecule has 0 saturated carbocycles. The van der Waals surface area contributed by atoms with Crippen LogP contribution < -0.4 is 10.2 Å². The predicted octanol–water partition coefficient (Wildman–Crippen LogP) is 3.45. The number of amides is 1. The smallest absolute Gasteiger partial charge is 0.294 e. The Morgan fingerprint density at radius 2 is 1.96 bits per heavy atom. The Bertz CT molecular complexity index is 887. The number of halogens is 2. The van der Waals surface area contributed by atoms with Gasteiger partial charge in [0.15, 0.2) is 5.15 Å². The number of hydrogen-bond donors (Lipinski definition) is 1. The molecule has 1 aromatic heterocycles. The summed E-state index contributed by atoms with van der Waals surface area (Å²) in [5, 5.41) is 14.7. The van der Waals surface area contributed by atoms with Crippen molar-refractivity contribution < 1.29 is 9.72 Å². The first-order valence-electron chi connectivity index (χ1n) is 8.71. The van der Waals surface area contributed by atoms with Gasteiger partial charge in [0.05, 0.1) is 16.7 Å². The Morgan fingerprint density at radius 3 is 2.61 bits per heavy atom. The van der Waals surface area contributed by atoms with E-state index in [1.54, 1.807) is 30.5 Å². The van der Waals surface area contributed by atoms with Gasteiger partial charge < -0.3 is 10.2 Å². The first-order valence-corrected chi connectivity index (χ1v) is 9.46. The van der Waals surface area contributed by atoms with Crippen LogP contribution in [0.5, 0.6) is 0 Å². The average molecular weight is 424 g/mol. The average Bonchev–Trinajstić information content (AvgIpc) is 2.69. The number of hydrogen-bond acceptors (Lipinski definition) is 6. The SMILES string of the molecule is CC(C(=O)Nc1cccnc1Cl)N1CCN(c2ccc(Cl)cc2[N+](=O)[O-])CC1. The monoisotopic (exact) mass is 423 g/mol. The van der Waals surface area contributed by atoms with Crippen molar-refractivity contribution in [3.63, 3.8) is 0 Å². The number of rotatable bonds is 5. The van der Waals surface area contributed by atoms with Gasteiger partial charge in [-0.15, -0.1) is 0 Å². The van der Waals surface area contributed by atoms with E-state index in [-0.39, 0.29) is 22.8 Å². The minimum absolute atomic E-state index is 0.0158. The van der Waals surface area contributed by atoms with E-state index in [2.05, 4.69) is 10.3 Å². The number of benzene rings is 1. The molecular formula is C18H19Cl2N5O3. The molecule has 1 atom stereocenters. The third-order valence-electron chi connectivity index (χ3n) is 4.73. The predicted molar refractivity (Wildman–Crippen MR) is 109 cm³/mol. The highest BCUT2D eigenvalue weighted by atomic mass is 35.5. The highest BCUT2D eigenvalue weighted by Crippen LogP contribution is 2.31. The molecule has 1 aliphatic rings. The maximum atomic E-state index is 12.5. The van der Waals surface area contributed by atoms with Crippen LogP contribution in [0, 0.1) is 10.1 Å². The Hall–Kier alpha value is -2.42. The zero-order valence-corrected chi connectivity index (χ0v) is 16.7. The van der Waals surface area contributed by atoms with Crippen molar-refractivity contribution in [2.24, 2.45) is 0 Å². The van der Waals surface area contributed by atoms with Crippen LogP contribution in [-0.4, -0.2) is 52.9 Å². The van der Waals surface area contributed by atoms with Crippen molar-refractivity contribution in [1.82, 2.24) is 9.88 Å². The van der Waals surface area contributed by atoms with Gasteiger partial charge in [0, 0.05) is 43.5 Å². The standard InChI is InChI=1S/C18H19Cl2N5O3/c1-12(18(26)22-14-3-2-6-21-17(14)20)23-7-9-24(10-8-23)15-5-4-13(19)11-16(15)25(27)28/h2-6,11-12H,7-10H2,1H3,(H,22,26). The van der Waals surface area contributed by atoms with Gasteiger partial charge in [-0.2, -0.15) is 0 Å². The molecule has 2 heterocycles. The quantitative estimate of drug-likeness (QED) is 0.449. The second-order valence-corrected chi connectivity index (χ2v) is 7.21. The molecule has 0 spiro atoms. The summed E-state index contributed by atoms with van der Waals surface area (Å²) < 4.78 is 0. The van der Waals surface area contributed by atoms with Crippen molar-refractivity contribution >= 4 is 46.2 Å². The van der Waals surface area contributed by atoms with Crippen molar-refractivity contribution in [3.8, 4) is 0 Å². The van der Waals surface area contributed by atoms with E-state index >= 15 is 0 Å². The molecule has 0 bridgehead atoms. The number of nitrogens with zero attached hydrogens (tertiary/aromatic N) is 4. The van der Waals surface area contributed by atoms with Crippen LogP contribution in [0.3, 0.4) is 0 Å². The molecule has 1 aliphatic heterocycles. The largest absolute Gasteiger partial charge is 0.363 e. The van der Waals surface area contributed by atoms with Crippen LogP contribution >= 0.6 is 23.2 Å². The van der Waals surface area contributed by atoms with Gasteiger partial charge in [0.2, 0.25) is 5.91 Å². The highest BCUT2D eigenvalue weighted by molar-refractivity contribution is 6.32. The third kappa shape index (κ3) is 4.52. The van der Waals surface area contributed by atoms with Crippen molar-refractivity contribution in [3.05, 3.63) is 56.8 Å². The zero-order chi connectivity index (χ0) is 20.3. The number of nitro benzene ring substituents is 1. The molecule has 1 fully saturated rings. The van der Waals surface area contributed by atoms with Crippen LogP contribution in [0.15, 0.2) is 36.5 Å². The molecule has 148 valence electrons. The fraction of sp³-hybridized carbons (Fsp3) is 0.333. The lowest BCUT2D eigenvalue weighted by Crippen LogP contribution is -2.53. The normalized spacial score (nSPS) is 15.9. The van der Waals surface area contributed by atoms with E-state index in [1.165, 1.54) is 6.07 Å². The minimum atomic E-state index is -0.429. The number of nitrogens with one attached hydrogen (secondary N) is 1. The number of pyridine rings is 1. The van der Waals surface area contributed by atoms with Gasteiger partial charge in [0.25, 0.3) is 5.69 Å². The van der Waals surface area contributed by atoms with Crippen LogP contribution in [0.4, 0.5) is 17.1 Å². The van der Waals surface area contributed by atoms with E-state index in [4.69, 9.17) is 23.2 Å². The first-order chi connectivity index (χ1) is 13.4. The number of carbonyl (C=O) groups excluding carboxylic acids is 1. The minimum Gasteiger partial charge on any atom is -0.363 e. The first kappa shape index (κ1) is 20.3. The Labute approximate surface area is 172 Å². The molecule has 0 radical (unpaired) electrons. The molecular weight excluding hydrogens is 405 g/mol. The lowest BCUT2D eigenvalue weighted by atomic mass is 10.1. The summed E-state index contributed by atoms with van der Waals surface area (Å²) in [6, 6.07) is 7.68. The van der Waals surface area contributed by atoms with Gasteiger partial charge in [-0.05, 0) is 31.2 Å². The van der Waals surface area contributed by atoms with E-state index in [0.717, 1.165) is 0 Å². The van der Waals surface area contributed by atoms with Gasteiger partial charge >= 0.3 is 0 Å². The van der Waals surface area contributed by atoms with Crippen LogP contribution in [0.2, 0.25) is 10.2 Å². The molecule has 1 amide bonds. The maximum Gasteiger partial charge on any atom is 0.294 e. The fourth-order valence-electron chi connectivity index (χ4n) is 3.14. The summed E-state index contributed by atoms with van der Waals surface area (Å²) >= 11 is 11.9. The summed E-state index contributed by atoms with van der Waals surface area (Å²) in [7, 11) is 0. The molecule has 1 N–H and O–H groups in total. The molecule has 28 heavy (non-hydrogen) atoms. The molecule has 1 unspecified atom stereocenters. The summed E-state index contributed by atoms with van der Waals surface area (Å²) in [6.45, 7) is 4.13. The van der Waals surface area contributed by atoms with Crippen molar-refractivity contribution in [2.75, 3.05) is 36.4 Å². The number of piperazine rings is 1. The Morgan fingerprint density at radius 1 is 1.25 bits per heavy atom. The fourth-order valence-corrected chi connectivity index (χ4v) is 3.48. The van der Waals surface area contributed by atoms with Crippen molar-refractivity contribution in [1.29, 1.82) is 0 Å². The maximum absolute atomic E-state index is 12.5. The summed E-state index contributed by atoms with van der Waals surface area (Å²) in [5.41, 5.74) is 0.989. The molecule has 8 nitrogen and oxygen atoms in total. The molecule has 1 aromatic carbocycles. The van der Waals surface area contributed by atoms with E-state index < -0.39 is 4.92 Å². The van der Waals surface area contributed by atoms with Crippen molar-refractivity contribution in [2.45, 2.75) is 13.0 Å². The summed E-state index contributed by atoms with van der Waals surface area (Å²) in [5.74, 6) is -0.180. The van der Waals surface area contributed by atoms with Crippen LogP contribution in [0.25, 0.3) is 0 Å². The van der Waals surface area contributed by atoms with E-state index in [0.29, 0.717) is 42.6 Å². The number of carbonyl (C=O) groups is 1. The number of nitro groups is 1. The topological polar surface area (TPSA) is 91.6 Å². The summed E-state index contributed by atoms with van der Waals surface area (Å²) in [4.78, 5) is 31.3. The van der Waals surface area contributed by atoms with Crippen LogP contribution in [0.1, 0.15) is 6.92 Å². The lowest BCUT2D eigenvalue weighted by Gasteiger charge is -2.38. The Balaban J connectivity index is 1.63.